The van der Waals surface area contributed by atoms with Gasteiger partial charge in [0.2, 0.25) is 6.41 Å². The van der Waals surface area contributed by atoms with E-state index in [0.29, 0.717) is 12.5 Å². The number of H-pyrrole nitrogens is 1. The minimum Gasteiger partial charge on any atom is -0.479 e. The first-order chi connectivity index (χ1) is 17.3. The number of fused-ring (bicyclic) bond motifs is 1. The maximum atomic E-state index is 10.7. The van der Waals surface area contributed by atoms with Crippen LogP contribution < -0.4 is 21.5 Å². The van der Waals surface area contributed by atoms with Gasteiger partial charge in [-0.05, 0) is 45.0 Å². The molecule has 2 aliphatic rings. The van der Waals surface area contributed by atoms with Gasteiger partial charge in [0.15, 0.2) is 0 Å². The molecule has 7 N–H and O–H groups in total. The number of imidazole rings is 1. The van der Waals surface area contributed by atoms with Crippen LogP contribution >= 0.6 is 0 Å². The van der Waals surface area contributed by atoms with Crippen molar-refractivity contribution in [2.75, 3.05) is 33.4 Å². The third-order valence-electron chi connectivity index (χ3n) is 5.80. The molecule has 0 radical (unpaired) electrons. The van der Waals surface area contributed by atoms with Crippen LogP contribution in [0.5, 0.6) is 0 Å². The van der Waals surface area contributed by atoms with E-state index >= 15 is 0 Å². The van der Waals surface area contributed by atoms with E-state index in [9.17, 15) is 9.59 Å². The molecule has 0 bridgehead atoms. The lowest BCUT2D eigenvalue weighted by Crippen LogP contribution is -2.35. The molecule has 3 heterocycles. The topological polar surface area (TPSA) is 164 Å². The van der Waals surface area contributed by atoms with E-state index in [4.69, 9.17) is 14.9 Å². The van der Waals surface area contributed by atoms with Gasteiger partial charge in [-0.2, -0.15) is 0 Å². The average molecular weight is 506 g/mol. The van der Waals surface area contributed by atoms with Gasteiger partial charge in [-0.15, -0.1) is 0 Å². The highest BCUT2D eigenvalue weighted by Gasteiger charge is 2.24. The molecular weight excluding hydrogens is 466 g/mol. The van der Waals surface area contributed by atoms with Crippen molar-refractivity contribution in [2.24, 2.45) is 0 Å². The van der Waals surface area contributed by atoms with E-state index in [-0.39, 0.29) is 6.04 Å². The average Bonchev–Trinajstić information content (AvgIpc) is 3.51. The van der Waals surface area contributed by atoms with Gasteiger partial charge in [0.05, 0.1) is 29.9 Å². The molecule has 1 aromatic carbocycles. The van der Waals surface area contributed by atoms with E-state index in [1.807, 2.05) is 13.1 Å². The third-order valence-corrected chi connectivity index (χ3v) is 5.80. The zero-order chi connectivity index (χ0) is 26.5. The number of hydrogen-bond donors (Lipinski definition) is 7. The van der Waals surface area contributed by atoms with Crippen LogP contribution in [0.1, 0.15) is 44.6 Å². The van der Waals surface area contributed by atoms with Gasteiger partial charge in [-0.1, -0.05) is 13.0 Å². The molecule has 3 atom stereocenters. The number of rotatable bonds is 8. The number of carbonyl (C=O) groups is 2. The van der Waals surface area contributed by atoms with Crippen LogP contribution in [0.15, 0.2) is 30.1 Å². The van der Waals surface area contributed by atoms with E-state index in [1.165, 1.54) is 18.9 Å². The molecule has 12 heteroatoms. The second-order valence-corrected chi connectivity index (χ2v) is 8.56. The minimum absolute atomic E-state index is 0.203. The number of aliphatic hydroxyl groups excluding tert-OH is 1. The SMILES string of the molecule is CC(O)C(=O)O.CCC(C)NC.O=CNC1=CNNC1c1nc2ccc(CN3CCOCC3)cc2[nH]1. The van der Waals surface area contributed by atoms with Gasteiger partial charge >= 0.3 is 5.97 Å². The van der Waals surface area contributed by atoms with Gasteiger partial charge in [0.25, 0.3) is 0 Å². The Morgan fingerprint density at radius 2 is 2.03 bits per heavy atom. The first-order valence-electron chi connectivity index (χ1n) is 12.1. The summed E-state index contributed by atoms with van der Waals surface area (Å²) < 4.78 is 5.39. The lowest BCUT2D eigenvalue weighted by atomic mass is 10.2. The van der Waals surface area contributed by atoms with Crippen LogP contribution in [-0.2, 0) is 20.9 Å². The molecule has 2 aromatic rings. The molecule has 1 amide bonds. The summed E-state index contributed by atoms with van der Waals surface area (Å²) in [5, 5.41) is 21.6. The van der Waals surface area contributed by atoms with Crippen LogP contribution in [0, 0.1) is 0 Å². The lowest BCUT2D eigenvalue weighted by Gasteiger charge is -2.26. The maximum Gasteiger partial charge on any atom is 0.332 e. The number of aliphatic carboxylic acids is 1. The summed E-state index contributed by atoms with van der Waals surface area (Å²) in [5.74, 6) is -0.422. The number of hydrogen-bond acceptors (Lipinski definition) is 9. The van der Waals surface area contributed by atoms with Crippen LogP contribution in [0.25, 0.3) is 11.0 Å². The quantitative estimate of drug-likeness (QED) is 0.253. The molecule has 0 saturated carbocycles. The molecule has 0 aliphatic carbocycles. The zero-order valence-corrected chi connectivity index (χ0v) is 21.4. The summed E-state index contributed by atoms with van der Waals surface area (Å²) >= 11 is 0. The molecule has 2 aliphatic heterocycles. The Morgan fingerprint density at radius 3 is 2.58 bits per heavy atom. The molecule has 36 heavy (non-hydrogen) atoms. The summed E-state index contributed by atoms with van der Waals surface area (Å²) in [6.07, 6.45) is 2.37. The number of ether oxygens (including phenoxy) is 1. The number of carboxylic acids is 1. The largest absolute Gasteiger partial charge is 0.479 e. The fourth-order valence-corrected chi connectivity index (χ4v) is 3.31. The Balaban J connectivity index is 0.000000319. The Kier molecular flexibility index (Phi) is 12.3. The van der Waals surface area contributed by atoms with Crippen molar-refractivity contribution in [3.8, 4) is 0 Å². The van der Waals surface area contributed by atoms with Gasteiger partial charge < -0.3 is 36.0 Å². The zero-order valence-electron chi connectivity index (χ0n) is 21.4. The molecule has 4 rings (SSSR count). The molecule has 3 unspecified atom stereocenters. The Bertz CT molecular complexity index is 984. The van der Waals surface area contributed by atoms with Crippen molar-refractivity contribution in [3.63, 3.8) is 0 Å². The number of morpholine rings is 1. The van der Waals surface area contributed by atoms with Gasteiger partial charge in [-0.3, -0.25) is 9.69 Å². The smallest absolute Gasteiger partial charge is 0.332 e. The Morgan fingerprint density at radius 1 is 1.33 bits per heavy atom. The number of nitrogens with zero attached hydrogens (tertiary/aromatic N) is 2. The highest BCUT2D eigenvalue weighted by atomic mass is 16.5. The normalized spacial score (nSPS) is 19.0. The van der Waals surface area contributed by atoms with Crippen molar-refractivity contribution in [1.82, 2.24) is 36.4 Å². The molecule has 200 valence electrons. The first-order valence-corrected chi connectivity index (χ1v) is 12.1. The fourth-order valence-electron chi connectivity index (χ4n) is 3.31. The number of carbonyl (C=O) groups excluding carboxylic acids is 1. The van der Waals surface area contributed by atoms with Crippen molar-refractivity contribution < 1.29 is 24.5 Å². The second-order valence-electron chi connectivity index (χ2n) is 8.56. The maximum absolute atomic E-state index is 10.7. The number of aliphatic hydroxyl groups is 1. The molecule has 12 nitrogen and oxygen atoms in total. The summed E-state index contributed by atoms with van der Waals surface area (Å²) in [6.45, 7) is 9.98. The molecule has 0 spiro atoms. The molecular formula is C24H39N7O5. The summed E-state index contributed by atoms with van der Waals surface area (Å²) in [7, 11) is 1.98. The van der Waals surface area contributed by atoms with Crippen LogP contribution in [-0.4, -0.2) is 83.0 Å². The minimum atomic E-state index is -1.23. The van der Waals surface area contributed by atoms with Gasteiger partial charge in [-0.25, -0.2) is 15.2 Å². The highest BCUT2D eigenvalue weighted by molar-refractivity contribution is 5.76. The standard InChI is InChI=1S/C16H20N6O2.C5H13N.C3H6O3/c23-10-17-14-8-18-21-15(14)16-19-12-2-1-11(7-13(12)20-16)9-22-3-5-24-6-4-22;1-4-5(2)6-3;1-2(4)3(5)6/h1-2,7-8,10,15,18,21H,3-6,9H2,(H,17,23)(H,19,20);5-6H,4H2,1-3H3;2,4H,1H3,(H,5,6). The summed E-state index contributed by atoms with van der Waals surface area (Å²) in [6, 6.07) is 6.77. The summed E-state index contributed by atoms with van der Waals surface area (Å²) in [4.78, 5) is 30.5. The first kappa shape index (κ1) is 29.2. The second kappa shape index (κ2) is 15.2. The number of carboxylic acid groups (broad SMARTS) is 1. The van der Waals surface area contributed by atoms with Crippen LogP contribution in [0.4, 0.5) is 0 Å². The number of nitrogens with one attached hydrogen (secondary N) is 5. The number of aromatic amines is 1. The van der Waals surface area contributed by atoms with Crippen molar-refractivity contribution in [2.45, 2.75) is 51.9 Å². The number of amides is 1. The fraction of sp³-hybridized carbons (Fsp3) is 0.542. The number of aromatic nitrogens is 2. The predicted octanol–water partition coefficient (Wildman–Crippen LogP) is 0.588. The van der Waals surface area contributed by atoms with Crippen LogP contribution in [0.2, 0.25) is 0 Å². The Labute approximate surface area is 211 Å². The van der Waals surface area contributed by atoms with Crippen molar-refractivity contribution in [3.05, 3.63) is 41.5 Å². The van der Waals surface area contributed by atoms with Crippen molar-refractivity contribution in [1.29, 1.82) is 0 Å². The number of hydrazine groups is 1. The molecule has 1 saturated heterocycles. The van der Waals surface area contributed by atoms with Crippen molar-refractivity contribution >= 4 is 23.4 Å². The Hall–Kier alpha value is -3.03. The van der Waals surface area contributed by atoms with E-state index in [0.717, 1.165) is 55.4 Å². The lowest BCUT2D eigenvalue weighted by molar-refractivity contribution is -0.145. The third kappa shape index (κ3) is 9.21. The van der Waals surface area contributed by atoms with Gasteiger partial charge in [0, 0.05) is 31.9 Å². The van der Waals surface area contributed by atoms with E-state index < -0.39 is 12.1 Å². The predicted molar refractivity (Wildman–Crippen MR) is 137 cm³/mol. The number of benzene rings is 1. The van der Waals surface area contributed by atoms with E-state index in [2.05, 4.69) is 62.3 Å². The van der Waals surface area contributed by atoms with Crippen LogP contribution in [0.3, 0.4) is 0 Å². The molecule has 1 fully saturated rings. The van der Waals surface area contributed by atoms with Gasteiger partial charge in [0.1, 0.15) is 18.0 Å². The highest BCUT2D eigenvalue weighted by Crippen LogP contribution is 2.23. The van der Waals surface area contributed by atoms with E-state index in [1.54, 1.807) is 6.20 Å². The monoisotopic (exact) mass is 505 g/mol. The molecule has 1 aromatic heterocycles. The summed E-state index contributed by atoms with van der Waals surface area (Å²) in [5.41, 5.74) is 9.86.